The summed E-state index contributed by atoms with van der Waals surface area (Å²) in [6.45, 7) is 4.42. The van der Waals surface area contributed by atoms with Gasteiger partial charge in [0.05, 0.1) is 11.3 Å². The Balaban J connectivity index is 1.63. The first-order valence-corrected chi connectivity index (χ1v) is 11.9. The number of rotatable bonds is 10. The Hall–Kier alpha value is -3.05. The maximum atomic E-state index is 12.9. The summed E-state index contributed by atoms with van der Waals surface area (Å²) in [7, 11) is 0. The summed E-state index contributed by atoms with van der Waals surface area (Å²) in [5.74, 6) is 0.347. The van der Waals surface area contributed by atoms with Crippen molar-refractivity contribution in [3.05, 3.63) is 102 Å². The third-order valence-corrected chi connectivity index (χ3v) is 6.14. The molecule has 2 N–H and O–H groups in total. The maximum Gasteiger partial charge on any atom is 0.252 e. The summed E-state index contributed by atoms with van der Waals surface area (Å²) in [5, 5.41) is 5.96. The Morgan fingerprint density at radius 3 is 1.97 bits per heavy atom. The van der Waals surface area contributed by atoms with Crippen molar-refractivity contribution in [1.29, 1.82) is 0 Å². The zero-order valence-electron chi connectivity index (χ0n) is 18.6. The van der Waals surface area contributed by atoms with Crippen LogP contribution in [-0.2, 0) is 4.79 Å². The molecule has 0 aliphatic rings. The van der Waals surface area contributed by atoms with Crippen LogP contribution in [0, 0.1) is 0 Å². The minimum Gasteiger partial charge on any atom is -0.353 e. The Labute approximate surface area is 194 Å². The summed E-state index contributed by atoms with van der Waals surface area (Å²) in [4.78, 5) is 25.7. The van der Waals surface area contributed by atoms with E-state index in [1.807, 2.05) is 74.5 Å². The van der Waals surface area contributed by atoms with Crippen molar-refractivity contribution in [2.24, 2.45) is 0 Å². The highest BCUT2D eigenvalue weighted by Crippen LogP contribution is 2.27. The second kappa shape index (κ2) is 12.1. The van der Waals surface area contributed by atoms with E-state index >= 15 is 0 Å². The SMILES string of the molecule is CC(C)NC(=O)CSc1ccccc1C(=O)NCCC(c1ccccc1)c1ccccc1. The fraction of sp³-hybridized carbons (Fsp3) is 0.259. The Bertz CT molecular complexity index is 967. The van der Waals surface area contributed by atoms with Gasteiger partial charge < -0.3 is 10.6 Å². The lowest BCUT2D eigenvalue weighted by atomic mass is 9.88. The van der Waals surface area contributed by atoms with Crippen molar-refractivity contribution in [2.45, 2.75) is 37.1 Å². The number of hydrogen-bond acceptors (Lipinski definition) is 3. The van der Waals surface area contributed by atoms with Gasteiger partial charge in [0.1, 0.15) is 0 Å². The fourth-order valence-electron chi connectivity index (χ4n) is 3.61. The van der Waals surface area contributed by atoms with Gasteiger partial charge in [-0.05, 0) is 43.5 Å². The molecular weight excluding hydrogens is 416 g/mol. The van der Waals surface area contributed by atoms with E-state index in [1.165, 1.54) is 22.9 Å². The number of amides is 2. The second-order valence-corrected chi connectivity index (χ2v) is 8.94. The molecule has 3 aromatic rings. The predicted octanol–water partition coefficient (Wildman–Crippen LogP) is 5.26. The van der Waals surface area contributed by atoms with Crippen molar-refractivity contribution >= 4 is 23.6 Å². The minimum atomic E-state index is -0.114. The Morgan fingerprint density at radius 1 is 0.812 bits per heavy atom. The van der Waals surface area contributed by atoms with Gasteiger partial charge >= 0.3 is 0 Å². The molecule has 0 aromatic heterocycles. The van der Waals surface area contributed by atoms with Gasteiger partial charge in [0, 0.05) is 23.4 Å². The summed E-state index contributed by atoms with van der Waals surface area (Å²) in [5.41, 5.74) is 3.07. The molecule has 0 saturated carbocycles. The first kappa shape index (κ1) is 23.6. The molecule has 0 heterocycles. The molecule has 0 atom stereocenters. The largest absolute Gasteiger partial charge is 0.353 e. The van der Waals surface area contributed by atoms with Gasteiger partial charge in [-0.2, -0.15) is 0 Å². The van der Waals surface area contributed by atoms with E-state index in [-0.39, 0.29) is 29.5 Å². The lowest BCUT2D eigenvalue weighted by Crippen LogP contribution is -2.31. The smallest absolute Gasteiger partial charge is 0.252 e. The normalized spacial score (nSPS) is 10.9. The molecule has 3 rings (SSSR count). The molecule has 2 amide bonds. The van der Waals surface area contributed by atoms with E-state index in [0.29, 0.717) is 12.1 Å². The number of thioether (sulfide) groups is 1. The van der Waals surface area contributed by atoms with Gasteiger partial charge in [0.25, 0.3) is 5.91 Å². The van der Waals surface area contributed by atoms with E-state index in [4.69, 9.17) is 0 Å². The van der Waals surface area contributed by atoms with Crippen LogP contribution in [0.3, 0.4) is 0 Å². The molecule has 0 aliphatic heterocycles. The third kappa shape index (κ3) is 6.99. The highest BCUT2D eigenvalue weighted by molar-refractivity contribution is 8.00. The third-order valence-electron chi connectivity index (χ3n) is 5.06. The van der Waals surface area contributed by atoms with Crippen LogP contribution in [0.25, 0.3) is 0 Å². The molecule has 0 spiro atoms. The first-order chi connectivity index (χ1) is 15.5. The lowest BCUT2D eigenvalue weighted by Gasteiger charge is -2.19. The average Bonchev–Trinajstić information content (AvgIpc) is 2.81. The lowest BCUT2D eigenvalue weighted by molar-refractivity contribution is -0.119. The number of carbonyl (C=O) groups excluding carboxylic acids is 2. The van der Waals surface area contributed by atoms with Crippen LogP contribution >= 0.6 is 11.8 Å². The number of nitrogens with one attached hydrogen (secondary N) is 2. The van der Waals surface area contributed by atoms with Gasteiger partial charge in [0.2, 0.25) is 5.91 Å². The summed E-state index contributed by atoms with van der Waals surface area (Å²) >= 11 is 1.39. The molecule has 0 unspecified atom stereocenters. The Morgan fingerprint density at radius 2 is 1.38 bits per heavy atom. The fourth-order valence-corrected chi connectivity index (χ4v) is 4.47. The molecule has 0 aliphatic carbocycles. The summed E-state index contributed by atoms with van der Waals surface area (Å²) in [6, 6.07) is 28.3. The zero-order chi connectivity index (χ0) is 22.8. The Kier molecular flexibility index (Phi) is 8.93. The monoisotopic (exact) mass is 446 g/mol. The molecule has 0 fully saturated rings. The van der Waals surface area contributed by atoms with Crippen LogP contribution in [0.2, 0.25) is 0 Å². The molecule has 3 aromatic carbocycles. The molecule has 0 saturated heterocycles. The maximum absolute atomic E-state index is 12.9. The number of benzene rings is 3. The van der Waals surface area contributed by atoms with Crippen molar-refractivity contribution in [1.82, 2.24) is 10.6 Å². The second-order valence-electron chi connectivity index (χ2n) is 7.93. The number of carbonyl (C=O) groups is 2. The van der Waals surface area contributed by atoms with E-state index < -0.39 is 0 Å². The quantitative estimate of drug-likeness (QED) is 0.418. The van der Waals surface area contributed by atoms with Crippen molar-refractivity contribution in [2.75, 3.05) is 12.3 Å². The molecule has 32 heavy (non-hydrogen) atoms. The van der Waals surface area contributed by atoms with Gasteiger partial charge in [-0.3, -0.25) is 9.59 Å². The summed E-state index contributed by atoms with van der Waals surface area (Å²) in [6.07, 6.45) is 0.797. The zero-order valence-corrected chi connectivity index (χ0v) is 19.4. The van der Waals surface area contributed by atoms with E-state index in [0.717, 1.165) is 11.3 Å². The average molecular weight is 447 g/mol. The summed E-state index contributed by atoms with van der Waals surface area (Å²) < 4.78 is 0. The van der Waals surface area contributed by atoms with Gasteiger partial charge in [0.15, 0.2) is 0 Å². The van der Waals surface area contributed by atoms with Gasteiger partial charge in [-0.25, -0.2) is 0 Å². The predicted molar refractivity (Wildman–Crippen MR) is 132 cm³/mol. The molecule has 166 valence electrons. The van der Waals surface area contributed by atoms with Crippen LogP contribution in [0.15, 0.2) is 89.8 Å². The van der Waals surface area contributed by atoms with E-state index in [1.54, 1.807) is 0 Å². The molecule has 0 radical (unpaired) electrons. The highest BCUT2D eigenvalue weighted by Gasteiger charge is 2.16. The van der Waals surface area contributed by atoms with Crippen molar-refractivity contribution in [3.8, 4) is 0 Å². The topological polar surface area (TPSA) is 58.2 Å². The van der Waals surface area contributed by atoms with Crippen molar-refractivity contribution in [3.63, 3.8) is 0 Å². The van der Waals surface area contributed by atoms with Gasteiger partial charge in [-0.15, -0.1) is 11.8 Å². The van der Waals surface area contributed by atoms with Crippen LogP contribution < -0.4 is 10.6 Å². The first-order valence-electron chi connectivity index (χ1n) is 10.9. The van der Waals surface area contributed by atoms with Crippen LogP contribution in [0.4, 0.5) is 0 Å². The van der Waals surface area contributed by atoms with Crippen molar-refractivity contribution < 1.29 is 9.59 Å². The van der Waals surface area contributed by atoms with E-state index in [9.17, 15) is 9.59 Å². The number of hydrogen-bond donors (Lipinski definition) is 2. The van der Waals surface area contributed by atoms with Crippen LogP contribution in [0.5, 0.6) is 0 Å². The van der Waals surface area contributed by atoms with Crippen LogP contribution in [0.1, 0.15) is 47.7 Å². The molecular formula is C27H30N2O2S. The van der Waals surface area contributed by atoms with E-state index in [2.05, 4.69) is 34.9 Å². The molecule has 0 bridgehead atoms. The standard InChI is InChI=1S/C27H30N2O2S/c1-20(2)29-26(30)19-32-25-16-10-9-15-24(25)27(31)28-18-17-23(21-11-5-3-6-12-21)22-13-7-4-8-14-22/h3-16,20,23H,17-19H2,1-2H3,(H,28,31)(H,29,30). The van der Waals surface area contributed by atoms with Gasteiger partial charge in [-0.1, -0.05) is 72.8 Å². The molecule has 4 nitrogen and oxygen atoms in total. The van der Waals surface area contributed by atoms with Crippen LogP contribution in [-0.4, -0.2) is 30.2 Å². The minimum absolute atomic E-state index is 0.0335. The highest BCUT2D eigenvalue weighted by atomic mass is 32.2. The molecule has 5 heteroatoms.